The van der Waals surface area contributed by atoms with E-state index >= 15 is 0 Å². The number of phenols is 3. The molecule has 0 aliphatic heterocycles. The fraction of sp³-hybridized carbons (Fsp3) is 0. The first-order valence-corrected chi connectivity index (χ1v) is 10.2. The summed E-state index contributed by atoms with van der Waals surface area (Å²) in [6.07, 6.45) is 0. The van der Waals surface area contributed by atoms with Gasteiger partial charge in [0.05, 0.1) is 47.7 Å². The molecule has 0 unspecified atom stereocenters. The normalized spacial score (nSPS) is 9.15. The summed E-state index contributed by atoms with van der Waals surface area (Å²) in [6.45, 7) is 0. The Morgan fingerprint density at radius 3 is 0.756 bits per heavy atom. The molecule has 3 rings (SSSR count). The van der Waals surface area contributed by atoms with Crippen molar-refractivity contribution in [1.29, 1.82) is 0 Å². The van der Waals surface area contributed by atoms with Gasteiger partial charge in [-0.15, -0.1) is 0 Å². The second-order valence-electron chi connectivity index (χ2n) is 6.56. The molecule has 0 aliphatic rings. The molecule has 0 spiro atoms. The number of nitro benzene ring substituents is 6. The van der Waals surface area contributed by atoms with E-state index in [2.05, 4.69) is 0 Å². The van der Waals surface area contributed by atoms with Crippen LogP contribution < -0.4 is 0 Å². The van der Waals surface area contributed by atoms with Crippen LogP contribution in [0, 0.1) is 60.7 Å². The van der Waals surface area contributed by atoms with E-state index in [0.717, 1.165) is 53.8 Å². The number of rotatable bonds is 6. The van der Waals surface area contributed by atoms with Gasteiger partial charge < -0.3 is 15.3 Å². The molecule has 0 amide bonds. The molecular weight excluding hydrogens is 607 g/mol. The van der Waals surface area contributed by atoms with Crippen molar-refractivity contribution < 1.29 is 65.9 Å². The Bertz CT molecular complexity index is 1330. The van der Waals surface area contributed by atoms with Gasteiger partial charge in [0.15, 0.2) is 17.2 Å². The zero-order valence-electron chi connectivity index (χ0n) is 19.5. The van der Waals surface area contributed by atoms with E-state index in [1.165, 1.54) is 0 Å². The van der Waals surface area contributed by atoms with E-state index in [1.54, 1.807) is 0 Å². The first-order chi connectivity index (χ1) is 19.1. The Labute approximate surface area is 232 Å². The van der Waals surface area contributed by atoms with Crippen molar-refractivity contribution in [2.75, 3.05) is 0 Å². The Morgan fingerprint density at radius 2 is 0.610 bits per heavy atom. The molecule has 0 radical (unpaired) electrons. The molecule has 0 heterocycles. The van der Waals surface area contributed by atoms with Crippen LogP contribution in [0.2, 0.25) is 0 Å². The van der Waals surface area contributed by atoms with Crippen molar-refractivity contribution in [1.82, 2.24) is 0 Å². The van der Waals surface area contributed by atoms with Crippen molar-refractivity contribution in [3.8, 4) is 17.2 Å². The summed E-state index contributed by atoms with van der Waals surface area (Å²) < 4.78 is 8.19. The Morgan fingerprint density at radius 1 is 0.415 bits per heavy atom. The van der Waals surface area contributed by atoms with Gasteiger partial charge in [-0.2, -0.15) is 0 Å². The van der Waals surface area contributed by atoms with E-state index in [9.17, 15) is 60.7 Å². The average molecular weight is 619 g/mol. The fourth-order valence-electron chi connectivity index (χ4n) is 2.31. The van der Waals surface area contributed by atoms with Crippen LogP contribution in [0.5, 0.6) is 17.2 Å². The van der Waals surface area contributed by atoms with E-state index < -0.39 is 80.9 Å². The SMILES string of the molecule is O=[N+]([O-])c1ccc(O)c([N+](=O)[O-])c1.O=[N+]([O-])c1ccc(O)c([N+](=O)[O-])c1.O=[N+]([O-])c1ccc(O)c([N+](=O)[O-])c1.[O]=[V]. The molecule has 0 fully saturated rings. The van der Waals surface area contributed by atoms with Gasteiger partial charge in [-0.05, 0) is 18.2 Å². The first-order valence-electron chi connectivity index (χ1n) is 9.60. The fourth-order valence-corrected chi connectivity index (χ4v) is 2.31. The summed E-state index contributed by atoms with van der Waals surface area (Å²) in [7, 11) is 0. The molecule has 0 bridgehead atoms. The molecule has 23 heteroatoms. The van der Waals surface area contributed by atoms with Gasteiger partial charge in [0.1, 0.15) is 0 Å². The van der Waals surface area contributed by atoms with Gasteiger partial charge in [-0.3, -0.25) is 60.7 Å². The van der Waals surface area contributed by atoms with Crippen LogP contribution in [-0.2, 0) is 21.0 Å². The molecule has 0 aromatic heterocycles. The quantitative estimate of drug-likeness (QED) is 0.262. The minimum absolute atomic E-state index is 0.426. The summed E-state index contributed by atoms with van der Waals surface area (Å²) in [6, 6.07) is 7.82. The molecule has 0 saturated carbocycles. The predicted octanol–water partition coefficient (Wildman–Crippen LogP) is 3.50. The molecule has 3 N–H and O–H groups in total. The third-order valence-corrected chi connectivity index (χ3v) is 4.10. The van der Waals surface area contributed by atoms with Crippen LogP contribution in [-0.4, -0.2) is 44.9 Å². The number of phenolic OH excluding ortho intramolecular Hbond substituents is 3. The monoisotopic (exact) mass is 619 g/mol. The van der Waals surface area contributed by atoms with E-state index in [1.807, 2.05) is 0 Å². The van der Waals surface area contributed by atoms with Gasteiger partial charge in [0.25, 0.3) is 17.1 Å². The number of hydrogen-bond acceptors (Lipinski definition) is 16. The van der Waals surface area contributed by atoms with Gasteiger partial charge in [-0.25, -0.2) is 0 Å². The first kappa shape index (κ1) is 34.8. The summed E-state index contributed by atoms with van der Waals surface area (Å²) >= 11 is 1.06. The topological polar surface area (TPSA) is 337 Å². The molecule has 3 aromatic rings. The van der Waals surface area contributed by atoms with E-state index in [-0.39, 0.29) is 0 Å². The predicted molar refractivity (Wildman–Crippen MR) is 125 cm³/mol. The van der Waals surface area contributed by atoms with Crippen molar-refractivity contribution in [2.45, 2.75) is 0 Å². The maximum atomic E-state index is 10.2. The van der Waals surface area contributed by atoms with Crippen LogP contribution in [0.1, 0.15) is 0 Å². The minimum atomic E-state index is -0.887. The van der Waals surface area contributed by atoms with Crippen molar-refractivity contribution in [2.24, 2.45) is 0 Å². The van der Waals surface area contributed by atoms with Crippen molar-refractivity contribution in [3.63, 3.8) is 0 Å². The van der Waals surface area contributed by atoms with Gasteiger partial charge in [-0.1, -0.05) is 0 Å². The van der Waals surface area contributed by atoms with Crippen LogP contribution in [0.3, 0.4) is 0 Å². The molecule has 22 nitrogen and oxygen atoms in total. The number of hydrogen-bond donors (Lipinski definition) is 3. The van der Waals surface area contributed by atoms with Gasteiger partial charge in [0, 0.05) is 18.2 Å². The number of non-ortho nitro benzene ring substituents is 3. The van der Waals surface area contributed by atoms with E-state index in [4.69, 9.17) is 19.0 Å². The van der Waals surface area contributed by atoms with E-state index in [0.29, 0.717) is 18.2 Å². The van der Waals surface area contributed by atoms with Crippen LogP contribution >= 0.6 is 0 Å². The molecule has 0 saturated heterocycles. The van der Waals surface area contributed by atoms with Gasteiger partial charge in [0.2, 0.25) is 0 Å². The van der Waals surface area contributed by atoms with Gasteiger partial charge >= 0.3 is 38.1 Å². The Balaban J connectivity index is 0.000000567. The Kier molecular flexibility index (Phi) is 13.6. The zero-order valence-corrected chi connectivity index (χ0v) is 20.9. The second-order valence-corrected chi connectivity index (χ2v) is 6.56. The van der Waals surface area contributed by atoms with Crippen molar-refractivity contribution in [3.05, 3.63) is 115 Å². The molecule has 0 aliphatic carbocycles. The molecule has 3 aromatic carbocycles. The molecule has 41 heavy (non-hydrogen) atoms. The number of nitrogens with zero attached hydrogens (tertiary/aromatic N) is 6. The number of aromatic hydroxyl groups is 3. The summed E-state index contributed by atoms with van der Waals surface area (Å²) in [5, 5.41) is 88.0. The molecule has 215 valence electrons. The molecular formula is C18H12N6O16V. The number of benzene rings is 3. The number of nitro groups is 6. The van der Waals surface area contributed by atoms with Crippen molar-refractivity contribution >= 4 is 34.1 Å². The average Bonchev–Trinajstić information content (AvgIpc) is 2.90. The third kappa shape index (κ3) is 10.6. The van der Waals surface area contributed by atoms with Crippen LogP contribution in [0.25, 0.3) is 0 Å². The zero-order chi connectivity index (χ0) is 32.0. The molecule has 0 atom stereocenters. The summed E-state index contributed by atoms with van der Waals surface area (Å²) in [5.74, 6) is -1.76. The Hall–Kier alpha value is -6.16. The third-order valence-electron chi connectivity index (χ3n) is 4.10. The standard InChI is InChI=1S/3C6H4N2O5.O.V/c3*9-6-2-1-4(7(10)11)3-5(6)8(12)13;;/h3*1-3,9H;;. The summed E-state index contributed by atoms with van der Waals surface area (Å²) in [4.78, 5) is 56.2. The summed E-state index contributed by atoms with van der Waals surface area (Å²) in [5.41, 5.74) is -3.30. The van der Waals surface area contributed by atoms with Crippen LogP contribution in [0.4, 0.5) is 34.1 Å². The maximum absolute atomic E-state index is 10.2. The second kappa shape index (κ2) is 15.9. The van der Waals surface area contributed by atoms with Crippen LogP contribution in [0.15, 0.2) is 54.6 Å².